The van der Waals surface area contributed by atoms with Gasteiger partial charge < -0.3 is 4.52 Å². The van der Waals surface area contributed by atoms with Crippen molar-refractivity contribution in [1.29, 1.82) is 0 Å². The number of sulfonamides is 1. The van der Waals surface area contributed by atoms with Crippen molar-refractivity contribution in [2.45, 2.75) is 73.1 Å². The maximum Gasteiger partial charge on any atom is 0.236 e. The molecule has 1 aromatic rings. The molecule has 1 heterocycles. The van der Waals surface area contributed by atoms with Crippen LogP contribution in [0.25, 0.3) is 0 Å². The summed E-state index contributed by atoms with van der Waals surface area (Å²) in [6.45, 7) is 9.52. The molecule has 146 valence electrons. The van der Waals surface area contributed by atoms with E-state index in [-0.39, 0.29) is 33.2 Å². The number of fused-ring (bicyclic) bond motifs is 1. The number of aromatic nitrogens is 1. The Morgan fingerprint density at radius 3 is 2.28 bits per heavy atom. The first-order valence-electron chi connectivity index (χ1n) is 8.91. The van der Waals surface area contributed by atoms with Gasteiger partial charge in [-0.2, -0.15) is 0 Å². The van der Waals surface area contributed by atoms with Crippen molar-refractivity contribution < 1.29 is 38.8 Å². The predicted octanol–water partition coefficient (Wildman–Crippen LogP) is 3.34. The first-order valence-corrected chi connectivity index (χ1v) is 10.5. The van der Waals surface area contributed by atoms with Crippen molar-refractivity contribution in [3.63, 3.8) is 0 Å². The maximum atomic E-state index is 11.9. The number of hydrogen-bond donors (Lipinski definition) is 0. The van der Waals surface area contributed by atoms with Gasteiger partial charge in [0.05, 0.1) is 11.4 Å². The van der Waals surface area contributed by atoms with Crippen LogP contribution in [0, 0.1) is 0 Å². The molecule has 0 N–H and O–H groups in total. The van der Waals surface area contributed by atoms with Crippen LogP contribution in [0.4, 0.5) is 0 Å². The molecule has 0 aromatic carbocycles. The van der Waals surface area contributed by atoms with Gasteiger partial charge >= 0.3 is 0 Å². The van der Waals surface area contributed by atoms with E-state index in [1.807, 2.05) is 27.7 Å². The van der Waals surface area contributed by atoms with Crippen LogP contribution in [0.15, 0.2) is 4.52 Å². The van der Waals surface area contributed by atoms with Crippen LogP contribution in [0.2, 0.25) is 0 Å². The second kappa shape index (κ2) is 13.5. The van der Waals surface area contributed by atoms with E-state index < -0.39 is 15.9 Å². The molecule has 8 heteroatoms. The molecule has 0 atom stereocenters. The minimum atomic E-state index is -3.47. The van der Waals surface area contributed by atoms with E-state index in [9.17, 15) is 13.2 Å². The quantitative estimate of drug-likeness (QED) is 0.569. The zero-order chi connectivity index (χ0) is 18.8. The Kier molecular flexibility index (Phi) is 14.3. The number of carbonyl (C=O) groups excluding carboxylic acids is 1. The molecule has 0 radical (unpaired) electrons. The van der Waals surface area contributed by atoms with E-state index in [0.717, 1.165) is 47.0 Å². The second-order valence-corrected chi connectivity index (χ2v) is 7.29. The SMILES string of the molecule is CC.CC.CCS(=O)(=O)N(C)C(=O)CCc1noc2c1CCCC2.[W]. The van der Waals surface area contributed by atoms with Gasteiger partial charge in [-0.1, -0.05) is 32.9 Å². The fraction of sp³-hybridized carbons (Fsp3) is 0.765. The van der Waals surface area contributed by atoms with Crippen molar-refractivity contribution in [2.75, 3.05) is 12.8 Å². The predicted molar refractivity (Wildman–Crippen MR) is 96.4 cm³/mol. The molecule has 0 aliphatic heterocycles. The van der Waals surface area contributed by atoms with Crippen molar-refractivity contribution in [2.24, 2.45) is 0 Å². The minimum absolute atomic E-state index is 0. The van der Waals surface area contributed by atoms with Gasteiger partial charge in [-0.25, -0.2) is 12.7 Å². The van der Waals surface area contributed by atoms with Crippen LogP contribution in [0.5, 0.6) is 0 Å². The van der Waals surface area contributed by atoms with Gasteiger partial charge in [0, 0.05) is 52.9 Å². The first-order chi connectivity index (χ1) is 11.5. The number of aryl methyl sites for hydroxylation is 2. The van der Waals surface area contributed by atoms with Gasteiger partial charge in [0.15, 0.2) is 0 Å². The molecule has 0 fully saturated rings. The Morgan fingerprint density at radius 2 is 1.72 bits per heavy atom. The summed E-state index contributed by atoms with van der Waals surface area (Å²) in [5, 5.41) is 4.02. The van der Waals surface area contributed by atoms with Gasteiger partial charge in [0.1, 0.15) is 5.76 Å². The molecule has 0 saturated carbocycles. The van der Waals surface area contributed by atoms with Gasteiger partial charge in [0.2, 0.25) is 15.9 Å². The average Bonchev–Trinajstić information content (AvgIpc) is 3.05. The topological polar surface area (TPSA) is 80.5 Å². The molecule has 0 bridgehead atoms. The van der Waals surface area contributed by atoms with Crippen LogP contribution in [-0.2, 0) is 55.1 Å². The summed E-state index contributed by atoms with van der Waals surface area (Å²) in [5.74, 6) is 0.446. The number of hydrogen-bond acceptors (Lipinski definition) is 5. The van der Waals surface area contributed by atoms with Crippen molar-refractivity contribution in [1.82, 2.24) is 9.46 Å². The molecule has 1 aliphatic carbocycles. The van der Waals surface area contributed by atoms with Crippen molar-refractivity contribution in [3.05, 3.63) is 17.0 Å². The standard InChI is InChI=1S/C13H20N2O4S.2C2H6.W/c1-3-20(17,18)15(2)13(16)9-8-11-10-6-4-5-7-12(10)19-14-11;2*1-2;/h3-9H2,1-2H3;2*1-2H3;. The number of amides is 1. The van der Waals surface area contributed by atoms with Gasteiger partial charge in [-0.15, -0.1) is 0 Å². The van der Waals surface area contributed by atoms with Gasteiger partial charge in [-0.3, -0.25) is 4.79 Å². The van der Waals surface area contributed by atoms with Gasteiger partial charge in [-0.05, 0) is 26.2 Å². The van der Waals surface area contributed by atoms with Crippen LogP contribution in [0.1, 0.15) is 70.9 Å². The third-order valence-corrected chi connectivity index (χ3v) is 5.51. The first kappa shape index (κ1) is 26.5. The normalized spacial score (nSPS) is 12.4. The summed E-state index contributed by atoms with van der Waals surface area (Å²) < 4.78 is 29.3. The Labute approximate surface area is 167 Å². The molecule has 1 amide bonds. The number of carbonyl (C=O) groups is 1. The zero-order valence-electron chi connectivity index (χ0n) is 16.3. The molecule has 0 saturated heterocycles. The fourth-order valence-corrected chi connectivity index (χ4v) is 3.17. The monoisotopic (exact) mass is 544 g/mol. The Balaban J connectivity index is 0. The molecular weight excluding hydrogens is 512 g/mol. The third-order valence-electron chi connectivity index (χ3n) is 3.74. The summed E-state index contributed by atoms with van der Waals surface area (Å²) in [5.41, 5.74) is 1.92. The molecule has 25 heavy (non-hydrogen) atoms. The van der Waals surface area contributed by atoms with E-state index in [0.29, 0.717) is 6.42 Å². The smallest absolute Gasteiger partial charge is 0.236 e. The molecular formula is C17H32N2O4SW. The molecule has 6 nitrogen and oxygen atoms in total. The van der Waals surface area contributed by atoms with E-state index in [1.165, 1.54) is 14.0 Å². The number of nitrogens with zero attached hydrogens (tertiary/aromatic N) is 2. The third kappa shape index (κ3) is 7.61. The summed E-state index contributed by atoms with van der Waals surface area (Å²) in [6, 6.07) is 0. The zero-order valence-corrected chi connectivity index (χ0v) is 20.0. The minimum Gasteiger partial charge on any atom is -0.361 e. The Hall–Kier alpha value is -0.682. The van der Waals surface area contributed by atoms with Crippen molar-refractivity contribution >= 4 is 15.9 Å². The van der Waals surface area contributed by atoms with E-state index >= 15 is 0 Å². The molecule has 1 aromatic heterocycles. The summed E-state index contributed by atoms with van der Waals surface area (Å²) in [6.07, 6.45) is 4.62. The average molecular weight is 544 g/mol. The van der Waals surface area contributed by atoms with Crippen LogP contribution < -0.4 is 0 Å². The summed E-state index contributed by atoms with van der Waals surface area (Å²) in [4.78, 5) is 11.9. The van der Waals surface area contributed by atoms with Gasteiger partial charge in [0.25, 0.3) is 0 Å². The second-order valence-electron chi connectivity index (χ2n) is 5.00. The summed E-state index contributed by atoms with van der Waals surface area (Å²) >= 11 is 0. The molecule has 2 rings (SSSR count). The van der Waals surface area contributed by atoms with Crippen molar-refractivity contribution in [3.8, 4) is 0 Å². The van der Waals surface area contributed by atoms with Crippen LogP contribution in [-0.4, -0.2) is 36.6 Å². The molecule has 1 aliphatic rings. The summed E-state index contributed by atoms with van der Waals surface area (Å²) in [7, 11) is -2.16. The Bertz CT molecular complexity index is 600. The Morgan fingerprint density at radius 1 is 1.16 bits per heavy atom. The van der Waals surface area contributed by atoms with Crippen LogP contribution >= 0.6 is 0 Å². The van der Waals surface area contributed by atoms with E-state index in [1.54, 1.807) is 0 Å². The fourth-order valence-electron chi connectivity index (χ4n) is 2.38. The molecule has 0 spiro atoms. The van der Waals surface area contributed by atoms with E-state index in [2.05, 4.69) is 5.16 Å². The molecule has 0 unspecified atom stereocenters. The maximum absolute atomic E-state index is 11.9. The van der Waals surface area contributed by atoms with E-state index in [4.69, 9.17) is 4.52 Å². The number of rotatable bonds is 5. The van der Waals surface area contributed by atoms with Crippen LogP contribution in [0.3, 0.4) is 0 Å². The largest absolute Gasteiger partial charge is 0.361 e.